The number of likely N-dealkylation sites (tertiary alicyclic amines) is 1. The Bertz CT molecular complexity index is 478. The summed E-state index contributed by atoms with van der Waals surface area (Å²) in [5, 5.41) is 3.27. The van der Waals surface area contributed by atoms with Crippen LogP contribution in [-0.2, 0) is 9.59 Å². The van der Waals surface area contributed by atoms with Crippen LogP contribution in [0.15, 0.2) is 0 Å². The van der Waals surface area contributed by atoms with Crippen molar-refractivity contribution in [3.05, 3.63) is 0 Å². The monoisotopic (exact) mass is 348 g/mol. The normalized spacial score (nSPS) is 28.7. The summed E-state index contributed by atoms with van der Waals surface area (Å²) in [5.74, 6) is 0.897. The molecule has 1 saturated heterocycles. The summed E-state index contributed by atoms with van der Waals surface area (Å²) in [6.07, 6.45) is 11.2. The Balaban J connectivity index is 1.58. The van der Waals surface area contributed by atoms with Crippen molar-refractivity contribution in [2.24, 2.45) is 23.2 Å². The summed E-state index contributed by atoms with van der Waals surface area (Å²) < 4.78 is 0. The molecule has 25 heavy (non-hydrogen) atoms. The van der Waals surface area contributed by atoms with E-state index in [-0.39, 0.29) is 23.7 Å². The Morgan fingerprint density at radius 1 is 1.00 bits per heavy atom. The minimum atomic E-state index is -0.0990. The lowest BCUT2D eigenvalue weighted by Gasteiger charge is -2.44. The van der Waals surface area contributed by atoms with Gasteiger partial charge in [0.1, 0.15) is 0 Å². The molecule has 1 aliphatic heterocycles. The van der Waals surface area contributed by atoms with Crippen molar-refractivity contribution in [1.29, 1.82) is 0 Å². The van der Waals surface area contributed by atoms with Gasteiger partial charge in [-0.25, -0.2) is 0 Å². The van der Waals surface area contributed by atoms with Crippen LogP contribution in [0.1, 0.15) is 78.1 Å². The SMILES string of the molecule is CC(C)CC1(CNC(=O)[C@H]2CCCC[C@H]2C(=O)N2CCCC2)CCC1. The minimum Gasteiger partial charge on any atom is -0.355 e. The van der Waals surface area contributed by atoms with Gasteiger partial charge in [0.05, 0.1) is 0 Å². The van der Waals surface area contributed by atoms with Crippen molar-refractivity contribution in [3.8, 4) is 0 Å². The van der Waals surface area contributed by atoms with Crippen LogP contribution in [0.4, 0.5) is 0 Å². The van der Waals surface area contributed by atoms with E-state index in [0.717, 1.165) is 58.2 Å². The van der Waals surface area contributed by atoms with Crippen molar-refractivity contribution in [3.63, 3.8) is 0 Å². The molecule has 4 heteroatoms. The van der Waals surface area contributed by atoms with Gasteiger partial charge in [-0.1, -0.05) is 33.1 Å². The van der Waals surface area contributed by atoms with Gasteiger partial charge in [0.2, 0.25) is 11.8 Å². The van der Waals surface area contributed by atoms with Crippen LogP contribution in [0.3, 0.4) is 0 Å². The molecule has 2 aliphatic carbocycles. The molecule has 0 aromatic rings. The molecule has 0 bridgehead atoms. The maximum Gasteiger partial charge on any atom is 0.226 e. The number of amides is 2. The molecule has 3 rings (SSSR count). The first-order valence-corrected chi connectivity index (χ1v) is 10.6. The smallest absolute Gasteiger partial charge is 0.226 e. The standard InChI is InChI=1S/C21H36N2O2/c1-16(2)14-21(10-7-11-21)15-22-19(24)17-8-3-4-9-18(17)20(25)23-12-5-6-13-23/h16-18H,3-15H2,1-2H3,(H,22,24)/t17-,18+/m0/s1. The maximum atomic E-state index is 12.9. The average molecular weight is 349 g/mol. The second-order valence-electron chi connectivity index (χ2n) is 9.20. The molecule has 1 heterocycles. The van der Waals surface area contributed by atoms with E-state index in [1.807, 2.05) is 4.90 Å². The molecule has 0 unspecified atom stereocenters. The fourth-order valence-electron chi connectivity index (χ4n) is 5.31. The van der Waals surface area contributed by atoms with Gasteiger partial charge in [-0.15, -0.1) is 0 Å². The van der Waals surface area contributed by atoms with Crippen molar-refractivity contribution in [2.45, 2.75) is 78.1 Å². The predicted octanol–water partition coefficient (Wildman–Crippen LogP) is 3.75. The highest BCUT2D eigenvalue weighted by Gasteiger charge is 2.41. The zero-order chi connectivity index (χ0) is 17.9. The first kappa shape index (κ1) is 18.7. The van der Waals surface area contributed by atoms with E-state index in [9.17, 15) is 9.59 Å². The Kier molecular flexibility index (Phi) is 6.06. The molecule has 0 aromatic heterocycles. The van der Waals surface area contributed by atoms with Crippen LogP contribution >= 0.6 is 0 Å². The lowest BCUT2D eigenvalue weighted by atomic mass is 9.64. The van der Waals surface area contributed by atoms with Gasteiger partial charge in [0.15, 0.2) is 0 Å². The maximum absolute atomic E-state index is 12.9. The summed E-state index contributed by atoms with van der Waals surface area (Å²) in [6.45, 7) is 7.13. The van der Waals surface area contributed by atoms with Gasteiger partial charge < -0.3 is 10.2 Å². The lowest BCUT2D eigenvalue weighted by Crippen LogP contribution is -2.48. The van der Waals surface area contributed by atoms with Gasteiger partial charge in [0.25, 0.3) is 0 Å². The molecule has 142 valence electrons. The van der Waals surface area contributed by atoms with Crippen LogP contribution in [-0.4, -0.2) is 36.3 Å². The molecule has 0 radical (unpaired) electrons. The van der Waals surface area contributed by atoms with E-state index in [4.69, 9.17) is 0 Å². The number of rotatable bonds is 6. The molecule has 3 aliphatic rings. The summed E-state index contributed by atoms with van der Waals surface area (Å²) >= 11 is 0. The van der Waals surface area contributed by atoms with Gasteiger partial charge in [-0.3, -0.25) is 9.59 Å². The largest absolute Gasteiger partial charge is 0.355 e. The summed E-state index contributed by atoms with van der Waals surface area (Å²) in [4.78, 5) is 27.8. The van der Waals surface area contributed by atoms with Crippen molar-refractivity contribution in [1.82, 2.24) is 10.2 Å². The Labute approximate surface area is 153 Å². The zero-order valence-corrected chi connectivity index (χ0v) is 16.2. The fourth-order valence-corrected chi connectivity index (χ4v) is 5.31. The number of nitrogens with one attached hydrogen (secondary N) is 1. The van der Waals surface area contributed by atoms with Crippen LogP contribution < -0.4 is 5.32 Å². The Morgan fingerprint density at radius 3 is 2.20 bits per heavy atom. The third-order valence-electron chi connectivity index (χ3n) is 6.73. The molecule has 2 amide bonds. The number of carbonyl (C=O) groups excluding carboxylic acids is 2. The molecule has 0 aromatic carbocycles. The first-order chi connectivity index (χ1) is 12.0. The van der Waals surface area contributed by atoms with Crippen LogP contribution in [0.2, 0.25) is 0 Å². The average Bonchev–Trinajstić information content (AvgIpc) is 3.10. The first-order valence-electron chi connectivity index (χ1n) is 10.6. The van der Waals surface area contributed by atoms with Crippen molar-refractivity contribution in [2.75, 3.05) is 19.6 Å². The minimum absolute atomic E-state index is 0.0747. The molecule has 3 fully saturated rings. The number of hydrogen-bond acceptors (Lipinski definition) is 2. The summed E-state index contributed by atoms with van der Waals surface area (Å²) in [5.41, 5.74) is 0.326. The predicted molar refractivity (Wildman–Crippen MR) is 100 cm³/mol. The third-order valence-corrected chi connectivity index (χ3v) is 6.73. The van der Waals surface area contributed by atoms with Crippen LogP contribution in [0.25, 0.3) is 0 Å². The molecular formula is C21H36N2O2. The molecule has 2 atom stereocenters. The highest BCUT2D eigenvalue weighted by atomic mass is 16.2. The number of hydrogen-bond donors (Lipinski definition) is 1. The zero-order valence-electron chi connectivity index (χ0n) is 16.2. The van der Waals surface area contributed by atoms with Crippen molar-refractivity contribution >= 4 is 11.8 Å². The van der Waals surface area contributed by atoms with E-state index < -0.39 is 0 Å². The van der Waals surface area contributed by atoms with E-state index in [2.05, 4.69) is 19.2 Å². The van der Waals surface area contributed by atoms with Gasteiger partial charge in [0, 0.05) is 31.5 Å². The Morgan fingerprint density at radius 2 is 1.64 bits per heavy atom. The summed E-state index contributed by atoms with van der Waals surface area (Å²) in [7, 11) is 0. The van der Waals surface area contributed by atoms with Gasteiger partial charge >= 0.3 is 0 Å². The molecule has 2 saturated carbocycles. The van der Waals surface area contributed by atoms with Gasteiger partial charge in [-0.05, 0) is 56.3 Å². The van der Waals surface area contributed by atoms with Crippen LogP contribution in [0.5, 0.6) is 0 Å². The third kappa shape index (κ3) is 4.38. The molecule has 4 nitrogen and oxygen atoms in total. The fraction of sp³-hybridized carbons (Fsp3) is 0.905. The van der Waals surface area contributed by atoms with E-state index in [1.54, 1.807) is 0 Å². The topological polar surface area (TPSA) is 49.4 Å². The molecular weight excluding hydrogens is 312 g/mol. The van der Waals surface area contributed by atoms with E-state index in [0.29, 0.717) is 11.3 Å². The molecule has 0 spiro atoms. The Hall–Kier alpha value is -1.06. The lowest BCUT2D eigenvalue weighted by molar-refractivity contribution is -0.143. The van der Waals surface area contributed by atoms with Crippen LogP contribution in [0, 0.1) is 23.2 Å². The second-order valence-corrected chi connectivity index (χ2v) is 9.20. The highest BCUT2D eigenvalue weighted by molar-refractivity contribution is 5.88. The molecule has 1 N–H and O–H groups in total. The second kappa shape index (κ2) is 8.09. The highest BCUT2D eigenvalue weighted by Crippen LogP contribution is 2.45. The van der Waals surface area contributed by atoms with E-state index in [1.165, 1.54) is 25.7 Å². The van der Waals surface area contributed by atoms with E-state index >= 15 is 0 Å². The quantitative estimate of drug-likeness (QED) is 0.795. The summed E-state index contributed by atoms with van der Waals surface area (Å²) in [6, 6.07) is 0. The number of nitrogens with zero attached hydrogens (tertiary/aromatic N) is 1. The van der Waals surface area contributed by atoms with Gasteiger partial charge in [-0.2, -0.15) is 0 Å². The van der Waals surface area contributed by atoms with Crippen molar-refractivity contribution < 1.29 is 9.59 Å². The number of carbonyl (C=O) groups is 2.